The molecule has 0 saturated heterocycles. The van der Waals surface area contributed by atoms with Gasteiger partial charge in [-0.3, -0.25) is 0 Å². The Morgan fingerprint density at radius 2 is 2.11 bits per heavy atom. The van der Waals surface area contributed by atoms with Gasteiger partial charge >= 0.3 is 0 Å². The second kappa shape index (κ2) is 6.56. The van der Waals surface area contributed by atoms with Gasteiger partial charge in [0.2, 0.25) is 0 Å². The Balaban J connectivity index is 2.00. The molecule has 3 nitrogen and oxygen atoms in total. The van der Waals surface area contributed by atoms with Gasteiger partial charge in [-0.15, -0.1) is 0 Å². The van der Waals surface area contributed by atoms with Gasteiger partial charge in [-0.2, -0.15) is 0 Å². The number of hydrogen-bond acceptors (Lipinski definition) is 3. The Hall–Kier alpha value is -0.830. The van der Waals surface area contributed by atoms with Gasteiger partial charge < -0.3 is 5.32 Å². The summed E-state index contributed by atoms with van der Waals surface area (Å²) in [6, 6.07) is 0. The molecule has 1 fully saturated rings. The molecule has 2 rings (SSSR count). The highest BCUT2D eigenvalue weighted by Gasteiger charge is 2.19. The number of aromatic nitrogens is 2. The molecule has 19 heavy (non-hydrogen) atoms. The predicted molar refractivity (Wildman–Crippen MR) is 80.8 cm³/mol. The summed E-state index contributed by atoms with van der Waals surface area (Å²) in [5.41, 5.74) is 0.961. The SMILES string of the molecule is CCc1nc(Cl)c(C)c(NCC2CCCC(C)C2)n1. The highest BCUT2D eigenvalue weighted by atomic mass is 35.5. The first-order chi connectivity index (χ1) is 9.10. The smallest absolute Gasteiger partial charge is 0.137 e. The predicted octanol–water partition coefficient (Wildman–Crippen LogP) is 4.24. The van der Waals surface area contributed by atoms with Crippen LogP contribution in [0.2, 0.25) is 5.15 Å². The minimum atomic E-state index is 0.575. The van der Waals surface area contributed by atoms with Crippen molar-refractivity contribution in [1.29, 1.82) is 0 Å². The number of halogens is 1. The lowest BCUT2D eigenvalue weighted by Crippen LogP contribution is -2.22. The molecule has 1 aromatic rings. The maximum atomic E-state index is 6.15. The van der Waals surface area contributed by atoms with Crippen LogP contribution in [0, 0.1) is 18.8 Å². The van der Waals surface area contributed by atoms with Crippen LogP contribution in [0.4, 0.5) is 5.82 Å². The van der Waals surface area contributed by atoms with E-state index in [1.165, 1.54) is 25.7 Å². The van der Waals surface area contributed by atoms with Gasteiger partial charge in [-0.25, -0.2) is 9.97 Å². The van der Waals surface area contributed by atoms with Crippen molar-refractivity contribution in [2.24, 2.45) is 11.8 Å². The highest BCUT2D eigenvalue weighted by Crippen LogP contribution is 2.29. The zero-order valence-electron chi connectivity index (χ0n) is 12.2. The Morgan fingerprint density at radius 3 is 2.79 bits per heavy atom. The first kappa shape index (κ1) is 14.6. The number of anilines is 1. The van der Waals surface area contributed by atoms with Crippen molar-refractivity contribution in [3.8, 4) is 0 Å². The highest BCUT2D eigenvalue weighted by molar-refractivity contribution is 6.30. The lowest BCUT2D eigenvalue weighted by Gasteiger charge is -2.27. The van der Waals surface area contributed by atoms with E-state index >= 15 is 0 Å². The van der Waals surface area contributed by atoms with Crippen LogP contribution in [0.15, 0.2) is 0 Å². The minimum absolute atomic E-state index is 0.575. The van der Waals surface area contributed by atoms with E-state index in [9.17, 15) is 0 Å². The normalized spacial score (nSPS) is 23.4. The molecular weight excluding hydrogens is 258 g/mol. The first-order valence-corrected chi connectivity index (χ1v) is 7.74. The number of hydrogen-bond donors (Lipinski definition) is 1. The molecule has 0 aromatic carbocycles. The van der Waals surface area contributed by atoms with Crippen molar-refractivity contribution in [1.82, 2.24) is 9.97 Å². The maximum absolute atomic E-state index is 6.15. The fourth-order valence-electron chi connectivity index (χ4n) is 2.85. The van der Waals surface area contributed by atoms with Gasteiger partial charge in [0.25, 0.3) is 0 Å². The topological polar surface area (TPSA) is 37.8 Å². The lowest BCUT2D eigenvalue weighted by atomic mass is 9.82. The number of aryl methyl sites for hydroxylation is 1. The lowest BCUT2D eigenvalue weighted by molar-refractivity contribution is 0.293. The van der Waals surface area contributed by atoms with E-state index in [0.717, 1.165) is 42.0 Å². The molecule has 0 spiro atoms. The molecular formula is C15H24ClN3. The third-order valence-corrected chi connectivity index (χ3v) is 4.42. The van der Waals surface area contributed by atoms with E-state index in [4.69, 9.17) is 11.6 Å². The number of rotatable bonds is 4. The van der Waals surface area contributed by atoms with Crippen LogP contribution in [0.25, 0.3) is 0 Å². The largest absolute Gasteiger partial charge is 0.369 e. The van der Waals surface area contributed by atoms with Crippen LogP contribution < -0.4 is 5.32 Å². The summed E-state index contributed by atoms with van der Waals surface area (Å²) in [5.74, 6) is 3.36. The molecule has 1 aromatic heterocycles. The van der Waals surface area contributed by atoms with E-state index in [2.05, 4.69) is 22.2 Å². The van der Waals surface area contributed by atoms with Crippen molar-refractivity contribution in [3.63, 3.8) is 0 Å². The van der Waals surface area contributed by atoms with Crippen LogP contribution in [-0.4, -0.2) is 16.5 Å². The van der Waals surface area contributed by atoms with Crippen molar-refractivity contribution in [3.05, 3.63) is 16.5 Å². The van der Waals surface area contributed by atoms with Gasteiger partial charge in [0.1, 0.15) is 16.8 Å². The number of nitrogens with one attached hydrogen (secondary N) is 1. The van der Waals surface area contributed by atoms with Crippen molar-refractivity contribution in [2.45, 2.75) is 52.9 Å². The summed E-state index contributed by atoms with van der Waals surface area (Å²) in [6.07, 6.45) is 6.21. The van der Waals surface area contributed by atoms with Crippen LogP contribution in [-0.2, 0) is 6.42 Å². The second-order valence-electron chi connectivity index (χ2n) is 5.78. The van der Waals surface area contributed by atoms with E-state index < -0.39 is 0 Å². The average Bonchev–Trinajstić information content (AvgIpc) is 2.40. The van der Waals surface area contributed by atoms with Gasteiger partial charge in [0.05, 0.1) is 0 Å². The molecule has 0 bridgehead atoms. The van der Waals surface area contributed by atoms with Gasteiger partial charge in [0, 0.05) is 18.5 Å². The summed E-state index contributed by atoms with van der Waals surface area (Å²) < 4.78 is 0. The molecule has 4 heteroatoms. The molecule has 1 N–H and O–H groups in total. The van der Waals surface area contributed by atoms with Gasteiger partial charge in [0.15, 0.2) is 0 Å². The van der Waals surface area contributed by atoms with Crippen LogP contribution >= 0.6 is 11.6 Å². The van der Waals surface area contributed by atoms with Crippen molar-refractivity contribution < 1.29 is 0 Å². The molecule has 1 heterocycles. The van der Waals surface area contributed by atoms with Crippen LogP contribution in [0.5, 0.6) is 0 Å². The summed E-state index contributed by atoms with van der Waals surface area (Å²) in [6.45, 7) is 7.39. The van der Waals surface area contributed by atoms with E-state index in [1.807, 2.05) is 13.8 Å². The summed E-state index contributed by atoms with van der Waals surface area (Å²) in [7, 11) is 0. The zero-order chi connectivity index (χ0) is 13.8. The molecule has 2 atom stereocenters. The fraction of sp³-hybridized carbons (Fsp3) is 0.733. The summed E-state index contributed by atoms with van der Waals surface area (Å²) in [4.78, 5) is 8.82. The minimum Gasteiger partial charge on any atom is -0.369 e. The standard InChI is InChI=1S/C15H24ClN3/c1-4-13-18-14(16)11(3)15(19-13)17-9-12-7-5-6-10(2)8-12/h10,12H,4-9H2,1-3H3,(H,17,18,19). The first-order valence-electron chi connectivity index (χ1n) is 7.37. The van der Waals surface area contributed by atoms with Crippen molar-refractivity contribution >= 4 is 17.4 Å². The van der Waals surface area contributed by atoms with E-state index in [-0.39, 0.29) is 0 Å². The Kier molecular flexibility index (Phi) is 5.03. The molecule has 1 saturated carbocycles. The molecule has 0 amide bonds. The molecule has 1 aliphatic rings. The fourth-order valence-corrected chi connectivity index (χ4v) is 3.04. The summed E-state index contributed by atoms with van der Waals surface area (Å²) >= 11 is 6.15. The third-order valence-electron chi connectivity index (χ3n) is 4.05. The van der Waals surface area contributed by atoms with E-state index in [1.54, 1.807) is 0 Å². The average molecular weight is 282 g/mol. The van der Waals surface area contributed by atoms with Crippen molar-refractivity contribution in [2.75, 3.05) is 11.9 Å². The van der Waals surface area contributed by atoms with Crippen LogP contribution in [0.1, 0.15) is 50.9 Å². The Labute approximate surface area is 121 Å². The monoisotopic (exact) mass is 281 g/mol. The second-order valence-corrected chi connectivity index (χ2v) is 6.13. The molecule has 0 aliphatic heterocycles. The quantitative estimate of drug-likeness (QED) is 0.839. The summed E-state index contributed by atoms with van der Waals surface area (Å²) in [5, 5.41) is 4.06. The molecule has 106 valence electrons. The maximum Gasteiger partial charge on any atom is 0.137 e. The molecule has 0 radical (unpaired) electrons. The Morgan fingerprint density at radius 1 is 1.32 bits per heavy atom. The Bertz CT molecular complexity index is 434. The molecule has 1 aliphatic carbocycles. The number of nitrogens with zero attached hydrogens (tertiary/aromatic N) is 2. The van der Waals surface area contributed by atoms with E-state index in [0.29, 0.717) is 5.15 Å². The zero-order valence-corrected chi connectivity index (χ0v) is 12.9. The van der Waals surface area contributed by atoms with Gasteiger partial charge in [-0.05, 0) is 31.6 Å². The van der Waals surface area contributed by atoms with Crippen LogP contribution in [0.3, 0.4) is 0 Å². The molecule has 2 unspecified atom stereocenters. The third kappa shape index (κ3) is 3.82. The van der Waals surface area contributed by atoms with Gasteiger partial charge in [-0.1, -0.05) is 38.3 Å².